The third-order valence-corrected chi connectivity index (χ3v) is 5.49. The summed E-state index contributed by atoms with van der Waals surface area (Å²) in [6.07, 6.45) is 2.94. The van der Waals surface area contributed by atoms with Gasteiger partial charge in [-0.25, -0.2) is 4.98 Å². The van der Waals surface area contributed by atoms with Crippen LogP contribution >= 0.6 is 34.8 Å². The Morgan fingerprint density at radius 1 is 1.06 bits per heavy atom. The summed E-state index contributed by atoms with van der Waals surface area (Å²) >= 11 is 18.6. The second-order valence-corrected chi connectivity index (χ2v) is 8.27. The van der Waals surface area contributed by atoms with E-state index in [4.69, 9.17) is 44.0 Å². The lowest BCUT2D eigenvalue weighted by Gasteiger charge is -2.08. The molecule has 1 amide bonds. The standard InChI is InChI=1S/C24H17Cl3N2O3/c1-13-3-7-21-20(9-13)29-24(32-21)17-12-16(5-6-18(17)26)28-22(30)8-4-14-10-15(25)11-19(27)23(14)31-2/h3-12H,1-2H3,(H,28,30). The van der Waals surface area contributed by atoms with E-state index in [1.54, 1.807) is 36.4 Å². The van der Waals surface area contributed by atoms with Crippen LogP contribution in [0.5, 0.6) is 5.75 Å². The molecule has 5 nitrogen and oxygen atoms in total. The lowest BCUT2D eigenvalue weighted by atomic mass is 10.1. The number of rotatable bonds is 5. The van der Waals surface area contributed by atoms with Crippen molar-refractivity contribution in [3.63, 3.8) is 0 Å². The van der Waals surface area contributed by atoms with E-state index < -0.39 is 0 Å². The van der Waals surface area contributed by atoms with Gasteiger partial charge in [-0.15, -0.1) is 0 Å². The normalized spacial score (nSPS) is 11.3. The topological polar surface area (TPSA) is 64.4 Å². The van der Waals surface area contributed by atoms with Gasteiger partial charge in [0.05, 0.1) is 22.7 Å². The molecule has 0 spiro atoms. The van der Waals surface area contributed by atoms with Crippen LogP contribution in [-0.2, 0) is 4.79 Å². The van der Waals surface area contributed by atoms with E-state index in [9.17, 15) is 4.79 Å². The summed E-state index contributed by atoms with van der Waals surface area (Å²) in [6, 6.07) is 14.1. The molecule has 3 aromatic carbocycles. The van der Waals surface area contributed by atoms with Crippen LogP contribution in [0.3, 0.4) is 0 Å². The van der Waals surface area contributed by atoms with E-state index >= 15 is 0 Å². The van der Waals surface area contributed by atoms with Gasteiger partial charge < -0.3 is 14.5 Å². The van der Waals surface area contributed by atoms with Gasteiger partial charge in [0.15, 0.2) is 5.58 Å². The van der Waals surface area contributed by atoms with E-state index in [-0.39, 0.29) is 5.91 Å². The van der Waals surface area contributed by atoms with E-state index in [0.717, 1.165) is 11.1 Å². The van der Waals surface area contributed by atoms with E-state index in [1.165, 1.54) is 13.2 Å². The summed E-state index contributed by atoms with van der Waals surface area (Å²) in [5.41, 5.74) is 4.17. The van der Waals surface area contributed by atoms with Crippen molar-refractivity contribution in [1.82, 2.24) is 4.98 Å². The smallest absolute Gasteiger partial charge is 0.248 e. The molecule has 0 bridgehead atoms. The number of hydrogen-bond acceptors (Lipinski definition) is 4. The highest BCUT2D eigenvalue weighted by Gasteiger charge is 2.14. The fourth-order valence-electron chi connectivity index (χ4n) is 3.19. The summed E-state index contributed by atoms with van der Waals surface area (Å²) in [4.78, 5) is 17.0. The molecule has 32 heavy (non-hydrogen) atoms. The van der Waals surface area contributed by atoms with Crippen molar-refractivity contribution in [2.75, 3.05) is 12.4 Å². The van der Waals surface area contributed by atoms with E-state index in [0.29, 0.717) is 49.1 Å². The third-order valence-electron chi connectivity index (χ3n) is 4.66. The molecule has 0 atom stereocenters. The van der Waals surface area contributed by atoms with Crippen LogP contribution in [0.15, 0.2) is 59.0 Å². The molecule has 1 N–H and O–H groups in total. The second-order valence-electron chi connectivity index (χ2n) is 7.02. The summed E-state index contributed by atoms with van der Waals surface area (Å²) < 4.78 is 11.1. The van der Waals surface area contributed by atoms with Crippen LogP contribution in [0.25, 0.3) is 28.6 Å². The van der Waals surface area contributed by atoms with Crippen LogP contribution in [0, 0.1) is 6.92 Å². The van der Waals surface area contributed by atoms with Crippen molar-refractivity contribution in [2.24, 2.45) is 0 Å². The SMILES string of the molecule is COc1c(Cl)cc(Cl)cc1C=CC(=O)Nc1ccc(Cl)c(-c2nc3cc(C)ccc3o2)c1. The van der Waals surface area contributed by atoms with Crippen LogP contribution in [0.4, 0.5) is 5.69 Å². The Hall–Kier alpha value is -2.99. The number of methoxy groups -OCH3 is 1. The number of halogens is 3. The van der Waals surface area contributed by atoms with Crippen LogP contribution in [0.2, 0.25) is 15.1 Å². The van der Waals surface area contributed by atoms with E-state index in [2.05, 4.69) is 10.3 Å². The Morgan fingerprint density at radius 3 is 2.66 bits per heavy atom. The van der Waals surface area contributed by atoms with Crippen molar-refractivity contribution < 1.29 is 13.9 Å². The summed E-state index contributed by atoms with van der Waals surface area (Å²) in [7, 11) is 1.50. The fraction of sp³-hybridized carbons (Fsp3) is 0.0833. The van der Waals surface area contributed by atoms with Crippen LogP contribution < -0.4 is 10.1 Å². The predicted octanol–water partition coefficient (Wildman–Crippen LogP) is 7.42. The molecule has 0 saturated carbocycles. The number of nitrogens with zero attached hydrogens (tertiary/aromatic N) is 1. The van der Waals surface area contributed by atoms with Crippen LogP contribution in [-0.4, -0.2) is 18.0 Å². The molecule has 0 saturated heterocycles. The fourth-order valence-corrected chi connectivity index (χ4v) is 3.97. The first-order valence-corrected chi connectivity index (χ1v) is 10.7. The van der Waals surface area contributed by atoms with Gasteiger partial charge in [0.2, 0.25) is 11.8 Å². The maximum absolute atomic E-state index is 12.5. The number of aromatic nitrogens is 1. The van der Waals surface area contributed by atoms with Gasteiger partial charge >= 0.3 is 0 Å². The summed E-state index contributed by atoms with van der Waals surface area (Å²) in [5, 5.41) is 4.05. The summed E-state index contributed by atoms with van der Waals surface area (Å²) in [5.74, 6) is 0.449. The molecular formula is C24H17Cl3N2O3. The number of fused-ring (bicyclic) bond motifs is 1. The molecule has 0 aliphatic rings. The maximum Gasteiger partial charge on any atom is 0.248 e. The highest BCUT2D eigenvalue weighted by atomic mass is 35.5. The average Bonchev–Trinajstić information content (AvgIpc) is 3.16. The lowest BCUT2D eigenvalue weighted by molar-refractivity contribution is -0.111. The largest absolute Gasteiger partial charge is 0.495 e. The molecule has 0 radical (unpaired) electrons. The minimum Gasteiger partial charge on any atom is -0.495 e. The first-order chi connectivity index (χ1) is 15.3. The average molecular weight is 488 g/mol. The number of hydrogen-bond donors (Lipinski definition) is 1. The molecular weight excluding hydrogens is 471 g/mol. The van der Waals surface area contributed by atoms with E-state index in [1.807, 2.05) is 25.1 Å². The van der Waals surface area contributed by atoms with Gasteiger partial charge in [0.25, 0.3) is 0 Å². The molecule has 0 unspecified atom stereocenters. The number of anilines is 1. The van der Waals surface area contributed by atoms with Gasteiger partial charge in [0, 0.05) is 22.3 Å². The quantitative estimate of drug-likeness (QED) is 0.297. The zero-order valence-corrected chi connectivity index (χ0v) is 19.3. The molecule has 0 aliphatic carbocycles. The number of carbonyl (C=O) groups is 1. The van der Waals surface area contributed by atoms with Crippen molar-refractivity contribution >= 4 is 63.6 Å². The van der Waals surface area contributed by atoms with Gasteiger partial charge in [-0.2, -0.15) is 0 Å². The Bertz CT molecular complexity index is 1360. The molecule has 8 heteroatoms. The van der Waals surface area contributed by atoms with Crippen molar-refractivity contribution in [2.45, 2.75) is 6.92 Å². The monoisotopic (exact) mass is 486 g/mol. The lowest BCUT2D eigenvalue weighted by Crippen LogP contribution is -2.07. The minimum atomic E-state index is -0.357. The Labute approximate surface area is 199 Å². The second kappa shape index (κ2) is 9.25. The minimum absolute atomic E-state index is 0.357. The Balaban J connectivity index is 1.57. The molecule has 4 rings (SSSR count). The van der Waals surface area contributed by atoms with Gasteiger partial charge in [-0.1, -0.05) is 40.9 Å². The molecule has 0 aliphatic heterocycles. The molecule has 4 aromatic rings. The third kappa shape index (κ3) is 4.75. The zero-order valence-electron chi connectivity index (χ0n) is 17.1. The molecule has 0 fully saturated rings. The van der Waals surface area contributed by atoms with Gasteiger partial charge in [-0.3, -0.25) is 4.79 Å². The van der Waals surface area contributed by atoms with Gasteiger partial charge in [-0.05, 0) is 61.0 Å². The number of nitrogens with one attached hydrogen (secondary N) is 1. The number of amides is 1. The van der Waals surface area contributed by atoms with Gasteiger partial charge in [0.1, 0.15) is 11.3 Å². The Kier molecular flexibility index (Phi) is 6.42. The van der Waals surface area contributed by atoms with Crippen molar-refractivity contribution in [1.29, 1.82) is 0 Å². The van der Waals surface area contributed by atoms with Crippen molar-refractivity contribution in [3.8, 4) is 17.2 Å². The number of oxazole rings is 1. The number of benzene rings is 3. The molecule has 1 aromatic heterocycles. The predicted molar refractivity (Wildman–Crippen MR) is 130 cm³/mol. The first-order valence-electron chi connectivity index (χ1n) is 9.53. The number of ether oxygens (including phenoxy) is 1. The summed E-state index contributed by atoms with van der Waals surface area (Å²) in [6.45, 7) is 1.98. The van der Waals surface area contributed by atoms with Crippen LogP contribution in [0.1, 0.15) is 11.1 Å². The highest BCUT2D eigenvalue weighted by Crippen LogP contribution is 2.34. The van der Waals surface area contributed by atoms with Crippen molar-refractivity contribution in [3.05, 3.63) is 80.8 Å². The zero-order chi connectivity index (χ0) is 22.8. The number of aryl methyl sites for hydroxylation is 1. The first kappa shape index (κ1) is 22.2. The maximum atomic E-state index is 12.5. The number of carbonyl (C=O) groups excluding carboxylic acids is 1. The molecule has 1 heterocycles. The molecule has 162 valence electrons. The highest BCUT2D eigenvalue weighted by molar-refractivity contribution is 6.36. The Morgan fingerprint density at radius 2 is 1.88 bits per heavy atom.